The molecule has 3 heteroatoms. The van der Waals surface area contributed by atoms with E-state index in [-0.39, 0.29) is 0 Å². The van der Waals surface area contributed by atoms with Crippen molar-refractivity contribution in [2.75, 3.05) is 17.6 Å². The second kappa shape index (κ2) is 4.67. The zero-order chi connectivity index (χ0) is 12.3. The molecule has 0 amide bonds. The number of nitrogen functional groups attached to an aromatic ring is 1. The highest BCUT2D eigenvalue weighted by molar-refractivity contribution is 5.61. The van der Waals surface area contributed by atoms with Crippen LogP contribution in [0.5, 0.6) is 0 Å². The summed E-state index contributed by atoms with van der Waals surface area (Å²) in [6.07, 6.45) is 5.19. The van der Waals surface area contributed by atoms with Crippen molar-refractivity contribution in [3.05, 3.63) is 23.8 Å². The summed E-state index contributed by atoms with van der Waals surface area (Å²) < 4.78 is 0. The van der Waals surface area contributed by atoms with Crippen LogP contribution in [-0.4, -0.2) is 6.54 Å². The Bertz CT molecular complexity index is 441. The maximum atomic E-state index is 8.91. The molecular formula is C14H19N3. The Balaban J connectivity index is 1.98. The van der Waals surface area contributed by atoms with E-state index in [4.69, 9.17) is 11.0 Å². The Hall–Kier alpha value is -1.69. The van der Waals surface area contributed by atoms with E-state index in [1.54, 1.807) is 6.07 Å². The molecular weight excluding hydrogens is 210 g/mol. The monoisotopic (exact) mass is 229 g/mol. The highest BCUT2D eigenvalue weighted by atomic mass is 14.9. The summed E-state index contributed by atoms with van der Waals surface area (Å²) in [7, 11) is 0. The van der Waals surface area contributed by atoms with Gasteiger partial charge in [0.25, 0.3) is 0 Å². The molecule has 0 atom stereocenters. The van der Waals surface area contributed by atoms with Crippen LogP contribution in [0.15, 0.2) is 18.2 Å². The van der Waals surface area contributed by atoms with Crippen molar-refractivity contribution in [3.63, 3.8) is 0 Å². The molecule has 90 valence electrons. The van der Waals surface area contributed by atoms with E-state index in [9.17, 15) is 0 Å². The minimum absolute atomic E-state index is 0.517. The molecule has 3 N–H and O–H groups in total. The van der Waals surface area contributed by atoms with Gasteiger partial charge in [0.2, 0.25) is 0 Å². The molecule has 0 saturated heterocycles. The quantitative estimate of drug-likeness (QED) is 0.762. The first kappa shape index (κ1) is 11.8. The van der Waals surface area contributed by atoms with Crippen LogP contribution < -0.4 is 11.1 Å². The number of nitrogens with one attached hydrogen (secondary N) is 1. The van der Waals surface area contributed by atoms with E-state index in [1.165, 1.54) is 25.7 Å². The second-order valence-electron chi connectivity index (χ2n) is 5.02. The molecule has 1 aliphatic carbocycles. The van der Waals surface area contributed by atoms with Gasteiger partial charge in [-0.25, -0.2) is 0 Å². The van der Waals surface area contributed by atoms with Gasteiger partial charge in [-0.1, -0.05) is 13.3 Å². The molecule has 17 heavy (non-hydrogen) atoms. The fourth-order valence-electron chi connectivity index (χ4n) is 2.27. The number of rotatable bonds is 5. The van der Waals surface area contributed by atoms with E-state index in [1.807, 2.05) is 12.1 Å². The van der Waals surface area contributed by atoms with E-state index in [2.05, 4.69) is 18.3 Å². The van der Waals surface area contributed by atoms with Gasteiger partial charge in [0.05, 0.1) is 5.56 Å². The van der Waals surface area contributed by atoms with Gasteiger partial charge in [-0.15, -0.1) is 0 Å². The van der Waals surface area contributed by atoms with Crippen molar-refractivity contribution >= 4 is 11.4 Å². The molecule has 2 rings (SSSR count). The maximum absolute atomic E-state index is 8.91. The van der Waals surface area contributed by atoms with Crippen molar-refractivity contribution in [1.29, 1.82) is 5.26 Å². The number of nitrogens with zero attached hydrogens (tertiary/aromatic N) is 1. The molecule has 1 saturated carbocycles. The molecule has 0 heterocycles. The molecule has 0 aromatic heterocycles. The highest BCUT2D eigenvalue weighted by Crippen LogP contribution is 2.49. The standard InChI is InChI=1S/C14H19N3/c1-2-5-14(6-7-14)10-17-12-3-4-13(16)11(8-12)9-15/h3-4,8,17H,2,5-7,10,16H2,1H3. The lowest BCUT2D eigenvalue weighted by Crippen LogP contribution is -2.15. The van der Waals surface area contributed by atoms with Crippen LogP contribution in [0.3, 0.4) is 0 Å². The molecule has 0 radical (unpaired) electrons. The van der Waals surface area contributed by atoms with Crippen LogP contribution in [-0.2, 0) is 0 Å². The number of benzene rings is 1. The van der Waals surface area contributed by atoms with Gasteiger partial charge >= 0.3 is 0 Å². The van der Waals surface area contributed by atoms with Crippen molar-refractivity contribution in [2.45, 2.75) is 32.6 Å². The largest absolute Gasteiger partial charge is 0.398 e. The van der Waals surface area contributed by atoms with Gasteiger partial charge in [0, 0.05) is 17.9 Å². The summed E-state index contributed by atoms with van der Waals surface area (Å²) >= 11 is 0. The van der Waals surface area contributed by atoms with Gasteiger partial charge in [-0.2, -0.15) is 5.26 Å². The van der Waals surface area contributed by atoms with Crippen LogP contribution in [0.2, 0.25) is 0 Å². The van der Waals surface area contributed by atoms with Gasteiger partial charge in [0.1, 0.15) is 6.07 Å². The van der Waals surface area contributed by atoms with Gasteiger partial charge in [-0.3, -0.25) is 0 Å². The minimum Gasteiger partial charge on any atom is -0.398 e. The second-order valence-corrected chi connectivity index (χ2v) is 5.02. The number of hydrogen-bond acceptors (Lipinski definition) is 3. The molecule has 1 aromatic rings. The summed E-state index contributed by atoms with van der Waals surface area (Å²) in [5, 5.41) is 12.3. The molecule has 0 spiro atoms. The Morgan fingerprint density at radius 1 is 1.47 bits per heavy atom. The Kier molecular flexibility index (Phi) is 3.23. The fraction of sp³-hybridized carbons (Fsp3) is 0.500. The minimum atomic E-state index is 0.517. The van der Waals surface area contributed by atoms with E-state index >= 15 is 0 Å². The number of nitriles is 1. The molecule has 1 fully saturated rings. The van der Waals surface area contributed by atoms with Crippen molar-refractivity contribution in [3.8, 4) is 6.07 Å². The third-order valence-electron chi connectivity index (χ3n) is 3.58. The SMILES string of the molecule is CCCC1(CNc2ccc(N)c(C#N)c2)CC1. The van der Waals surface area contributed by atoms with Crippen molar-refractivity contribution < 1.29 is 0 Å². The molecule has 3 nitrogen and oxygen atoms in total. The molecule has 1 aromatic carbocycles. The molecule has 0 unspecified atom stereocenters. The number of hydrogen-bond donors (Lipinski definition) is 2. The van der Waals surface area contributed by atoms with E-state index in [0.717, 1.165) is 12.2 Å². The normalized spacial score (nSPS) is 16.2. The predicted octanol–water partition coefficient (Wildman–Crippen LogP) is 3.13. The lowest BCUT2D eigenvalue weighted by Gasteiger charge is -2.16. The summed E-state index contributed by atoms with van der Waals surface area (Å²) in [6.45, 7) is 3.24. The lowest BCUT2D eigenvalue weighted by molar-refractivity contribution is 0.486. The highest BCUT2D eigenvalue weighted by Gasteiger charge is 2.40. The molecule has 0 bridgehead atoms. The van der Waals surface area contributed by atoms with E-state index in [0.29, 0.717) is 16.7 Å². The zero-order valence-electron chi connectivity index (χ0n) is 10.3. The molecule has 0 aliphatic heterocycles. The summed E-state index contributed by atoms with van der Waals surface area (Å²) in [4.78, 5) is 0. The van der Waals surface area contributed by atoms with Gasteiger partial charge < -0.3 is 11.1 Å². The topological polar surface area (TPSA) is 61.8 Å². The Morgan fingerprint density at radius 3 is 2.82 bits per heavy atom. The smallest absolute Gasteiger partial charge is 0.101 e. The predicted molar refractivity (Wildman–Crippen MR) is 70.6 cm³/mol. The van der Waals surface area contributed by atoms with Crippen LogP contribution in [0.25, 0.3) is 0 Å². The average molecular weight is 229 g/mol. The van der Waals surface area contributed by atoms with Crippen LogP contribution in [0.1, 0.15) is 38.2 Å². The molecule has 1 aliphatic rings. The third kappa shape index (κ3) is 2.71. The lowest BCUT2D eigenvalue weighted by atomic mass is 10.0. The van der Waals surface area contributed by atoms with Crippen molar-refractivity contribution in [2.24, 2.45) is 5.41 Å². The average Bonchev–Trinajstić information content (AvgIpc) is 3.09. The number of nitrogens with two attached hydrogens (primary N) is 1. The van der Waals surface area contributed by atoms with E-state index < -0.39 is 0 Å². The number of anilines is 2. The van der Waals surface area contributed by atoms with Crippen LogP contribution in [0, 0.1) is 16.7 Å². The summed E-state index contributed by atoms with van der Waals surface area (Å²) in [6, 6.07) is 7.67. The first-order valence-corrected chi connectivity index (χ1v) is 6.23. The van der Waals surface area contributed by atoms with Crippen LogP contribution in [0.4, 0.5) is 11.4 Å². The van der Waals surface area contributed by atoms with Crippen LogP contribution >= 0.6 is 0 Å². The Labute approximate surface area is 103 Å². The first-order valence-electron chi connectivity index (χ1n) is 6.23. The third-order valence-corrected chi connectivity index (χ3v) is 3.58. The Morgan fingerprint density at radius 2 is 2.24 bits per heavy atom. The zero-order valence-corrected chi connectivity index (χ0v) is 10.3. The maximum Gasteiger partial charge on any atom is 0.101 e. The fourth-order valence-corrected chi connectivity index (χ4v) is 2.27. The van der Waals surface area contributed by atoms with Gasteiger partial charge in [-0.05, 0) is 42.9 Å². The van der Waals surface area contributed by atoms with Crippen molar-refractivity contribution in [1.82, 2.24) is 0 Å². The summed E-state index contributed by atoms with van der Waals surface area (Å²) in [5.41, 5.74) is 8.31. The summed E-state index contributed by atoms with van der Waals surface area (Å²) in [5.74, 6) is 0. The van der Waals surface area contributed by atoms with Gasteiger partial charge in [0.15, 0.2) is 0 Å². The first-order chi connectivity index (χ1) is 8.19.